The molecule has 0 saturated carbocycles. The number of aliphatic hydroxyl groups excluding tert-OH is 1. The Morgan fingerprint density at radius 3 is 2.17 bits per heavy atom. The number of imide groups is 1. The van der Waals surface area contributed by atoms with Gasteiger partial charge in [0, 0.05) is 5.56 Å². The summed E-state index contributed by atoms with van der Waals surface area (Å²) in [4.78, 5) is 70.2. The van der Waals surface area contributed by atoms with Crippen LogP contribution in [-0.4, -0.2) is 58.1 Å². The summed E-state index contributed by atoms with van der Waals surface area (Å²) in [5.41, 5.74) is 2.10. The van der Waals surface area contributed by atoms with E-state index in [-0.39, 0.29) is 24.0 Å². The van der Waals surface area contributed by atoms with Crippen LogP contribution in [0.25, 0.3) is 10.2 Å². The third kappa shape index (κ3) is 6.71. The van der Waals surface area contributed by atoms with E-state index in [4.69, 9.17) is 14.5 Å². The van der Waals surface area contributed by atoms with E-state index >= 15 is 14.4 Å². The summed E-state index contributed by atoms with van der Waals surface area (Å²) in [6.45, 7) is 1.46. The second-order valence-electron chi connectivity index (χ2n) is 16.1. The molecule has 10 rings (SSSR count). The largest absolute Gasteiger partial charge is 0.491 e. The molecule has 0 unspecified atom stereocenters. The number of ether oxygens (including phenoxy) is 2. The molecule has 3 N–H and O–H groups in total. The van der Waals surface area contributed by atoms with Crippen LogP contribution < -0.4 is 20.3 Å². The highest BCUT2D eigenvalue weighted by molar-refractivity contribution is 7.22. The maximum absolute atomic E-state index is 16.4. The number of fused-ring (bicyclic) bond motifs is 4. The third-order valence-corrected chi connectivity index (χ3v) is 13.5. The highest BCUT2D eigenvalue weighted by atomic mass is 32.1. The third-order valence-electron chi connectivity index (χ3n) is 12.6. The molecular weight excluding hydrogens is 827 g/mol. The van der Waals surface area contributed by atoms with Gasteiger partial charge in [-0.2, -0.15) is 0 Å². The fourth-order valence-electron chi connectivity index (χ4n) is 10.0. The standard InChI is InChI=1S/C51H43N5O7S/c1-31(32-17-5-2-6-18-32)52-50(61)55-38-26-14-12-24-36(38)51(48(55)60)41(46(58)54-49-53-37-25-13-16-28-40(37)64-49)43-47(59)63-44(34-21-9-4-10-22-34)42(33-19-7-3-8-20-33)56(43)45(51)35-23-11-15-27-39(35)62-30-29-57/h2-28,31,41-45,57H,29-30H2,1H3,(H,52,61)(H,53,54,58)/t31-,41+,42+,43+,44-,45-,51+/m1/s1. The number of cyclic esters (lactones) is 1. The average molecular weight is 870 g/mol. The Labute approximate surface area is 373 Å². The van der Waals surface area contributed by atoms with Crippen molar-refractivity contribution in [3.05, 3.63) is 192 Å². The van der Waals surface area contributed by atoms with Gasteiger partial charge in [0.2, 0.25) is 11.8 Å². The first kappa shape index (κ1) is 40.9. The van der Waals surface area contributed by atoms with Gasteiger partial charge in [-0.3, -0.25) is 19.3 Å². The van der Waals surface area contributed by atoms with Gasteiger partial charge in [-0.1, -0.05) is 151 Å². The fourth-order valence-corrected chi connectivity index (χ4v) is 10.9. The molecule has 0 bridgehead atoms. The van der Waals surface area contributed by atoms with Crippen molar-refractivity contribution in [1.82, 2.24) is 15.2 Å². The van der Waals surface area contributed by atoms with E-state index in [1.165, 1.54) is 11.3 Å². The van der Waals surface area contributed by atoms with Crippen LogP contribution in [0, 0.1) is 5.92 Å². The normalized spacial score (nSPS) is 23.0. The molecule has 1 aromatic heterocycles. The SMILES string of the molecule is C[C@@H](NC(=O)N1C(=O)[C@@]2(c3ccccc31)[C@H](C(=O)Nc1nc3ccccc3s1)[C@H]1C(=O)O[C@H](c3ccccc3)[C@H](c3ccccc3)N1[C@@H]2c1ccccc1OCCO)c1ccccc1. The number of carbonyl (C=O) groups is 4. The summed E-state index contributed by atoms with van der Waals surface area (Å²) in [7, 11) is 0. The first-order chi connectivity index (χ1) is 31.3. The van der Waals surface area contributed by atoms with Crippen LogP contribution >= 0.6 is 11.3 Å². The summed E-state index contributed by atoms with van der Waals surface area (Å²) in [6, 6.07) is 45.5. The number of nitrogens with one attached hydrogen (secondary N) is 2. The number of anilines is 2. The molecule has 3 aliphatic rings. The number of urea groups is 1. The number of nitrogens with zero attached hydrogens (tertiary/aromatic N) is 3. The molecule has 7 atom stereocenters. The van der Waals surface area contributed by atoms with Gasteiger partial charge in [-0.25, -0.2) is 14.7 Å². The van der Waals surface area contributed by atoms with E-state index in [1.807, 2.05) is 139 Å². The van der Waals surface area contributed by atoms with Crippen molar-refractivity contribution in [1.29, 1.82) is 0 Å². The van der Waals surface area contributed by atoms with Crippen molar-refractivity contribution in [3.8, 4) is 5.75 Å². The lowest BCUT2D eigenvalue weighted by atomic mass is 9.65. The smallest absolute Gasteiger partial charge is 0.329 e. The van der Waals surface area contributed by atoms with E-state index in [2.05, 4.69) is 10.6 Å². The lowest BCUT2D eigenvalue weighted by Crippen LogP contribution is -2.55. The number of rotatable bonds is 10. The van der Waals surface area contributed by atoms with E-state index in [0.717, 1.165) is 20.7 Å². The number of para-hydroxylation sites is 3. The van der Waals surface area contributed by atoms with Crippen LogP contribution in [0.3, 0.4) is 0 Å². The monoisotopic (exact) mass is 869 g/mol. The zero-order valence-corrected chi connectivity index (χ0v) is 35.4. The Morgan fingerprint density at radius 2 is 1.44 bits per heavy atom. The Balaban J connectivity index is 1.24. The van der Waals surface area contributed by atoms with Gasteiger partial charge in [-0.05, 0) is 53.4 Å². The molecular formula is C51H43N5O7S. The van der Waals surface area contributed by atoms with E-state index < -0.39 is 65.4 Å². The Morgan fingerprint density at radius 1 is 0.797 bits per heavy atom. The van der Waals surface area contributed by atoms with Crippen molar-refractivity contribution in [2.75, 3.05) is 23.4 Å². The summed E-state index contributed by atoms with van der Waals surface area (Å²) < 4.78 is 13.7. The maximum Gasteiger partial charge on any atom is 0.329 e. The second-order valence-corrected chi connectivity index (χ2v) is 17.1. The molecule has 2 saturated heterocycles. The van der Waals surface area contributed by atoms with Gasteiger partial charge < -0.3 is 25.2 Å². The number of thiazole rings is 1. The van der Waals surface area contributed by atoms with Crippen molar-refractivity contribution in [2.24, 2.45) is 5.92 Å². The predicted molar refractivity (Wildman–Crippen MR) is 243 cm³/mol. The van der Waals surface area contributed by atoms with Crippen LogP contribution in [0.2, 0.25) is 0 Å². The lowest BCUT2D eigenvalue weighted by molar-refractivity contribution is -0.177. The van der Waals surface area contributed by atoms with Crippen molar-refractivity contribution < 1.29 is 33.8 Å². The molecule has 1 spiro atoms. The highest BCUT2D eigenvalue weighted by Crippen LogP contribution is 2.66. The van der Waals surface area contributed by atoms with Crippen LogP contribution in [0.15, 0.2) is 164 Å². The van der Waals surface area contributed by atoms with Crippen molar-refractivity contribution in [2.45, 2.75) is 42.6 Å². The van der Waals surface area contributed by atoms with Gasteiger partial charge in [0.1, 0.15) is 29.9 Å². The molecule has 4 amide bonds. The molecule has 0 aliphatic carbocycles. The molecule has 13 heteroatoms. The molecule has 3 aliphatic heterocycles. The Bertz CT molecular complexity index is 2850. The summed E-state index contributed by atoms with van der Waals surface area (Å²) in [6.07, 6.45) is -0.902. The number of amides is 4. The molecule has 2 fully saturated rings. The minimum absolute atomic E-state index is 0.0745. The van der Waals surface area contributed by atoms with Crippen LogP contribution in [0.4, 0.5) is 15.6 Å². The van der Waals surface area contributed by atoms with Crippen molar-refractivity contribution in [3.63, 3.8) is 0 Å². The molecule has 320 valence electrons. The number of hydrogen-bond acceptors (Lipinski definition) is 10. The van der Waals surface area contributed by atoms with Gasteiger partial charge in [0.05, 0.1) is 46.6 Å². The van der Waals surface area contributed by atoms with Gasteiger partial charge in [-0.15, -0.1) is 0 Å². The van der Waals surface area contributed by atoms with Gasteiger partial charge in [0.15, 0.2) is 5.13 Å². The minimum Gasteiger partial charge on any atom is -0.491 e. The number of benzene rings is 6. The van der Waals surface area contributed by atoms with Crippen molar-refractivity contribution >= 4 is 56.2 Å². The molecule has 4 heterocycles. The number of aliphatic hydroxyl groups is 1. The van der Waals surface area contributed by atoms with E-state index in [0.29, 0.717) is 28.0 Å². The zero-order valence-electron chi connectivity index (χ0n) is 34.6. The second kappa shape index (κ2) is 16.8. The number of aromatic nitrogens is 1. The van der Waals surface area contributed by atoms with Gasteiger partial charge >= 0.3 is 12.0 Å². The maximum atomic E-state index is 16.4. The quantitative estimate of drug-likeness (QED) is 0.115. The number of carbonyl (C=O) groups excluding carboxylic acids is 4. The average Bonchev–Trinajstić information content (AvgIpc) is 3.97. The number of hydrogen-bond donors (Lipinski definition) is 3. The number of morpholine rings is 1. The Hall–Kier alpha value is -7.19. The summed E-state index contributed by atoms with van der Waals surface area (Å²) in [5.74, 6) is -3.26. The van der Waals surface area contributed by atoms with Crippen LogP contribution in [0.5, 0.6) is 5.75 Å². The fraction of sp³-hybridized carbons (Fsp3) is 0.196. The molecule has 6 aromatic carbocycles. The molecule has 7 aromatic rings. The van der Waals surface area contributed by atoms with E-state index in [1.54, 1.807) is 36.4 Å². The van der Waals surface area contributed by atoms with Gasteiger partial charge in [0.25, 0.3) is 0 Å². The minimum atomic E-state index is -1.98. The lowest BCUT2D eigenvalue weighted by Gasteiger charge is -2.46. The van der Waals surface area contributed by atoms with E-state index in [9.17, 15) is 9.90 Å². The number of esters is 1. The first-order valence-corrected chi connectivity index (χ1v) is 22.0. The molecule has 12 nitrogen and oxygen atoms in total. The highest BCUT2D eigenvalue weighted by Gasteiger charge is 2.76. The van der Waals surface area contributed by atoms with Crippen LogP contribution in [-0.2, 0) is 24.5 Å². The van der Waals surface area contributed by atoms with Crippen LogP contribution in [0.1, 0.15) is 59.0 Å². The topological polar surface area (TPSA) is 150 Å². The molecule has 64 heavy (non-hydrogen) atoms. The first-order valence-electron chi connectivity index (χ1n) is 21.2. The summed E-state index contributed by atoms with van der Waals surface area (Å²) >= 11 is 1.27. The Kier molecular flexibility index (Phi) is 10.7. The predicted octanol–water partition coefficient (Wildman–Crippen LogP) is 8.44. The zero-order chi connectivity index (χ0) is 44.0. The summed E-state index contributed by atoms with van der Waals surface area (Å²) in [5, 5.41) is 16.4. The molecule has 0 radical (unpaired) electrons.